The van der Waals surface area contributed by atoms with Crippen LogP contribution in [0.4, 0.5) is 4.79 Å². The zero-order valence-electron chi connectivity index (χ0n) is 11.3. The van der Waals surface area contributed by atoms with E-state index >= 15 is 0 Å². The Balaban J connectivity index is 1.87. The molecule has 2 rings (SSSR count). The van der Waals surface area contributed by atoms with Gasteiger partial charge in [0.2, 0.25) is 0 Å². The molecule has 1 aliphatic heterocycles. The van der Waals surface area contributed by atoms with Crippen LogP contribution in [0.3, 0.4) is 0 Å². The number of aromatic amines is 1. The molecule has 19 heavy (non-hydrogen) atoms. The van der Waals surface area contributed by atoms with Crippen molar-refractivity contribution in [1.29, 1.82) is 0 Å². The summed E-state index contributed by atoms with van der Waals surface area (Å²) in [5.74, 6) is 0.617. The van der Waals surface area contributed by atoms with Crippen molar-refractivity contribution in [2.45, 2.75) is 38.5 Å². The van der Waals surface area contributed by atoms with Crippen molar-refractivity contribution in [3.63, 3.8) is 0 Å². The zero-order chi connectivity index (χ0) is 13.9. The van der Waals surface area contributed by atoms with Gasteiger partial charge in [-0.05, 0) is 20.8 Å². The molecule has 1 saturated heterocycles. The number of hydrogen-bond acceptors (Lipinski definition) is 5. The summed E-state index contributed by atoms with van der Waals surface area (Å²) < 4.78 is 16.2. The summed E-state index contributed by atoms with van der Waals surface area (Å²) in [5, 5.41) is 9.21. The SMILES string of the molecule is CC(C)(C)OC(=O)N[C@@H]1COC[C@@H]1Oc1cn[nH]c1. The lowest BCUT2D eigenvalue weighted by molar-refractivity contribution is 0.0472. The van der Waals surface area contributed by atoms with Gasteiger partial charge in [0.1, 0.15) is 11.7 Å². The molecule has 1 amide bonds. The Labute approximate surface area is 111 Å². The second kappa shape index (κ2) is 5.48. The van der Waals surface area contributed by atoms with E-state index in [1.54, 1.807) is 12.4 Å². The topological polar surface area (TPSA) is 85.5 Å². The lowest BCUT2D eigenvalue weighted by atomic mass is 10.2. The number of nitrogens with zero attached hydrogens (tertiary/aromatic N) is 1. The minimum atomic E-state index is -0.523. The lowest BCUT2D eigenvalue weighted by Crippen LogP contribution is -2.46. The third-order valence-corrected chi connectivity index (χ3v) is 2.49. The Morgan fingerprint density at radius 1 is 1.53 bits per heavy atom. The lowest BCUT2D eigenvalue weighted by Gasteiger charge is -2.23. The van der Waals surface area contributed by atoms with Crippen LogP contribution in [0.25, 0.3) is 0 Å². The first-order chi connectivity index (χ1) is 8.94. The van der Waals surface area contributed by atoms with Gasteiger partial charge in [-0.1, -0.05) is 0 Å². The van der Waals surface area contributed by atoms with E-state index in [4.69, 9.17) is 14.2 Å². The number of rotatable bonds is 3. The molecule has 7 heteroatoms. The van der Waals surface area contributed by atoms with E-state index in [2.05, 4.69) is 15.5 Å². The Morgan fingerprint density at radius 3 is 2.95 bits per heavy atom. The van der Waals surface area contributed by atoms with Gasteiger partial charge in [0.15, 0.2) is 5.75 Å². The molecular weight excluding hydrogens is 250 g/mol. The fourth-order valence-electron chi connectivity index (χ4n) is 1.72. The molecule has 2 N–H and O–H groups in total. The minimum Gasteiger partial charge on any atom is -0.482 e. The Hall–Kier alpha value is -1.76. The maximum atomic E-state index is 11.7. The number of nitrogens with one attached hydrogen (secondary N) is 2. The van der Waals surface area contributed by atoms with Crippen LogP contribution in [-0.2, 0) is 9.47 Å². The molecule has 1 aromatic heterocycles. The molecule has 1 fully saturated rings. The molecule has 0 unspecified atom stereocenters. The predicted molar refractivity (Wildman–Crippen MR) is 67.0 cm³/mol. The van der Waals surface area contributed by atoms with E-state index < -0.39 is 11.7 Å². The summed E-state index contributed by atoms with van der Waals surface area (Å²) in [6, 6.07) is -0.232. The molecule has 0 bridgehead atoms. The quantitative estimate of drug-likeness (QED) is 0.857. The predicted octanol–water partition coefficient (Wildman–Crippen LogP) is 1.08. The summed E-state index contributed by atoms with van der Waals surface area (Å²) in [5.41, 5.74) is -0.523. The van der Waals surface area contributed by atoms with Crippen LogP contribution < -0.4 is 10.1 Å². The van der Waals surface area contributed by atoms with Gasteiger partial charge in [-0.25, -0.2) is 4.79 Å². The van der Waals surface area contributed by atoms with Gasteiger partial charge < -0.3 is 19.5 Å². The third-order valence-electron chi connectivity index (χ3n) is 2.49. The average molecular weight is 269 g/mol. The fraction of sp³-hybridized carbons (Fsp3) is 0.667. The van der Waals surface area contributed by atoms with Gasteiger partial charge in [-0.2, -0.15) is 5.10 Å². The molecule has 7 nitrogen and oxygen atoms in total. The van der Waals surface area contributed by atoms with E-state index in [9.17, 15) is 4.79 Å². The maximum Gasteiger partial charge on any atom is 0.408 e. The first kappa shape index (κ1) is 13.7. The normalized spacial score (nSPS) is 23.1. The number of alkyl carbamates (subject to hydrolysis) is 1. The van der Waals surface area contributed by atoms with Crippen molar-refractivity contribution in [3.05, 3.63) is 12.4 Å². The fourth-order valence-corrected chi connectivity index (χ4v) is 1.72. The van der Waals surface area contributed by atoms with Crippen molar-refractivity contribution >= 4 is 6.09 Å². The van der Waals surface area contributed by atoms with Gasteiger partial charge in [-0.15, -0.1) is 0 Å². The largest absolute Gasteiger partial charge is 0.482 e. The van der Waals surface area contributed by atoms with E-state index in [1.165, 1.54) is 0 Å². The van der Waals surface area contributed by atoms with E-state index in [1.807, 2.05) is 20.8 Å². The summed E-state index contributed by atoms with van der Waals surface area (Å²) in [7, 11) is 0. The molecule has 1 aromatic rings. The minimum absolute atomic E-state index is 0.232. The van der Waals surface area contributed by atoms with Crippen LogP contribution in [0.5, 0.6) is 5.75 Å². The van der Waals surface area contributed by atoms with Crippen LogP contribution in [0.15, 0.2) is 12.4 Å². The molecule has 0 spiro atoms. The van der Waals surface area contributed by atoms with Crippen LogP contribution >= 0.6 is 0 Å². The Morgan fingerprint density at radius 2 is 2.32 bits per heavy atom. The monoisotopic (exact) mass is 269 g/mol. The molecule has 106 valence electrons. The highest BCUT2D eigenvalue weighted by Gasteiger charge is 2.32. The van der Waals surface area contributed by atoms with Crippen molar-refractivity contribution in [3.8, 4) is 5.75 Å². The zero-order valence-corrected chi connectivity index (χ0v) is 11.3. The van der Waals surface area contributed by atoms with Crippen LogP contribution in [-0.4, -0.2) is 47.3 Å². The van der Waals surface area contributed by atoms with Crippen molar-refractivity contribution < 1.29 is 19.0 Å². The second-order valence-corrected chi connectivity index (χ2v) is 5.38. The number of H-pyrrole nitrogens is 1. The number of aromatic nitrogens is 2. The van der Waals surface area contributed by atoms with Gasteiger partial charge in [0.05, 0.1) is 31.6 Å². The molecule has 2 atom stereocenters. The highest BCUT2D eigenvalue weighted by Crippen LogP contribution is 2.16. The molecule has 1 aliphatic rings. The summed E-state index contributed by atoms with van der Waals surface area (Å²) >= 11 is 0. The van der Waals surface area contributed by atoms with E-state index in [-0.39, 0.29) is 12.1 Å². The van der Waals surface area contributed by atoms with Gasteiger partial charge in [0.25, 0.3) is 0 Å². The number of amides is 1. The van der Waals surface area contributed by atoms with E-state index in [0.29, 0.717) is 19.0 Å². The highest BCUT2D eigenvalue weighted by molar-refractivity contribution is 5.68. The second-order valence-electron chi connectivity index (χ2n) is 5.38. The molecule has 0 aliphatic carbocycles. The maximum absolute atomic E-state index is 11.7. The van der Waals surface area contributed by atoms with E-state index in [0.717, 1.165) is 0 Å². The number of carbonyl (C=O) groups excluding carboxylic acids is 1. The smallest absolute Gasteiger partial charge is 0.408 e. The van der Waals surface area contributed by atoms with Gasteiger partial charge in [-0.3, -0.25) is 5.10 Å². The van der Waals surface area contributed by atoms with Gasteiger partial charge in [0, 0.05) is 0 Å². The number of hydrogen-bond donors (Lipinski definition) is 2. The number of carbonyl (C=O) groups is 1. The molecule has 2 heterocycles. The highest BCUT2D eigenvalue weighted by atomic mass is 16.6. The van der Waals surface area contributed by atoms with Crippen molar-refractivity contribution in [1.82, 2.24) is 15.5 Å². The molecular formula is C12H19N3O4. The van der Waals surface area contributed by atoms with Crippen molar-refractivity contribution in [2.24, 2.45) is 0 Å². The summed E-state index contributed by atoms with van der Waals surface area (Å²) in [4.78, 5) is 11.7. The number of ether oxygens (including phenoxy) is 3. The standard InChI is InChI=1S/C12H19N3O4/c1-12(2,3)19-11(16)15-9-6-17-7-10(9)18-8-4-13-14-5-8/h4-5,9-10H,6-7H2,1-3H3,(H,13,14)(H,15,16)/t9-,10+/m1/s1. The van der Waals surface area contributed by atoms with Gasteiger partial charge >= 0.3 is 6.09 Å². The van der Waals surface area contributed by atoms with Crippen molar-refractivity contribution in [2.75, 3.05) is 13.2 Å². The third kappa shape index (κ3) is 4.13. The summed E-state index contributed by atoms with van der Waals surface area (Å²) in [6.07, 6.45) is 2.50. The molecule has 0 radical (unpaired) electrons. The first-order valence-corrected chi connectivity index (χ1v) is 6.17. The first-order valence-electron chi connectivity index (χ1n) is 6.17. The van der Waals surface area contributed by atoms with Crippen LogP contribution in [0, 0.1) is 0 Å². The van der Waals surface area contributed by atoms with Crippen LogP contribution in [0.1, 0.15) is 20.8 Å². The molecule has 0 aromatic carbocycles. The average Bonchev–Trinajstić information content (AvgIpc) is 2.89. The molecule has 0 saturated carbocycles. The Kier molecular flexibility index (Phi) is 3.94. The Bertz CT molecular complexity index is 413. The summed E-state index contributed by atoms with van der Waals surface area (Å²) in [6.45, 7) is 6.28. The van der Waals surface area contributed by atoms with Crippen LogP contribution in [0.2, 0.25) is 0 Å².